The molecule has 0 atom stereocenters. The molecule has 0 saturated heterocycles. The summed E-state index contributed by atoms with van der Waals surface area (Å²) in [7, 11) is 0. The van der Waals surface area contributed by atoms with E-state index < -0.39 is 0 Å². The molecule has 0 aliphatic rings. The topological polar surface area (TPSA) is 62.0 Å². The van der Waals surface area contributed by atoms with Crippen molar-refractivity contribution in [1.29, 1.82) is 0 Å². The van der Waals surface area contributed by atoms with Gasteiger partial charge in [-0.05, 0) is 30.3 Å². The molecule has 2 heterocycles. The number of hydrogen-bond donors (Lipinski definition) is 2. The maximum atomic E-state index is 12.6. The lowest BCUT2D eigenvalue weighted by atomic mass is 10.1. The lowest BCUT2D eigenvalue weighted by Crippen LogP contribution is -2.11. The Kier molecular flexibility index (Phi) is 3.55. The van der Waals surface area contributed by atoms with Crippen LogP contribution in [0, 0.1) is 0 Å². The molecule has 5 heteroatoms. The Morgan fingerprint density at radius 1 is 0.889 bits per heavy atom. The first-order valence-electron chi connectivity index (χ1n) is 8.54. The van der Waals surface area contributed by atoms with Gasteiger partial charge in [0.05, 0.1) is 0 Å². The molecule has 4 nitrogen and oxygen atoms in total. The van der Waals surface area contributed by atoms with Crippen LogP contribution in [0.1, 0.15) is 10.4 Å². The summed E-state index contributed by atoms with van der Waals surface area (Å²) in [5, 5.41) is 5.85. The number of benzene rings is 3. The molecule has 3 aromatic carbocycles. The fourth-order valence-electron chi connectivity index (χ4n) is 3.38. The molecule has 27 heavy (non-hydrogen) atoms. The first-order chi connectivity index (χ1) is 13.2. The Bertz CT molecular complexity index is 1380. The standard InChI is InChI=1S/C22H14N2O2S/c25-21(23-14-6-2-1-3-7-14)13-10-11-16-18(12-13)27-20-19(16)15-8-4-5-9-17(15)24-22(20)26/h1-12H,(H,23,25)(H,24,26). The molecule has 0 radical (unpaired) electrons. The fourth-order valence-corrected chi connectivity index (χ4v) is 4.53. The Balaban J connectivity index is 1.67. The number of aromatic amines is 1. The molecule has 5 aromatic rings. The van der Waals surface area contributed by atoms with Gasteiger partial charge in [-0.15, -0.1) is 11.3 Å². The predicted molar refractivity (Wildman–Crippen MR) is 112 cm³/mol. The van der Waals surface area contributed by atoms with E-state index in [0.717, 1.165) is 32.1 Å². The molecule has 2 aromatic heterocycles. The summed E-state index contributed by atoms with van der Waals surface area (Å²) in [6.07, 6.45) is 0. The number of H-pyrrole nitrogens is 1. The lowest BCUT2D eigenvalue weighted by Gasteiger charge is -2.05. The summed E-state index contributed by atoms with van der Waals surface area (Å²) in [5.41, 5.74) is 2.04. The number of rotatable bonds is 2. The second-order valence-corrected chi connectivity index (χ2v) is 7.39. The monoisotopic (exact) mass is 370 g/mol. The Labute approximate surface area is 158 Å². The number of anilines is 1. The van der Waals surface area contributed by atoms with Gasteiger partial charge in [-0.1, -0.05) is 42.5 Å². The van der Waals surface area contributed by atoms with E-state index in [1.165, 1.54) is 11.3 Å². The van der Waals surface area contributed by atoms with Crippen LogP contribution in [0.2, 0.25) is 0 Å². The second kappa shape index (κ2) is 6.07. The number of carbonyl (C=O) groups excluding carboxylic acids is 1. The summed E-state index contributed by atoms with van der Waals surface area (Å²) in [4.78, 5) is 28.0. The molecule has 130 valence electrons. The second-order valence-electron chi connectivity index (χ2n) is 6.34. The SMILES string of the molecule is O=C(Nc1ccccc1)c1ccc2c(c1)sc1c(=O)[nH]c3ccccc3c12. The Morgan fingerprint density at radius 3 is 2.52 bits per heavy atom. The van der Waals surface area contributed by atoms with Crippen LogP contribution in [0.3, 0.4) is 0 Å². The highest BCUT2D eigenvalue weighted by atomic mass is 32.1. The van der Waals surface area contributed by atoms with Crippen molar-refractivity contribution in [2.45, 2.75) is 0 Å². The third-order valence-corrected chi connectivity index (χ3v) is 5.79. The molecule has 2 N–H and O–H groups in total. The largest absolute Gasteiger partial charge is 0.322 e. The Hall–Kier alpha value is -3.44. The van der Waals surface area contributed by atoms with Gasteiger partial charge < -0.3 is 10.3 Å². The predicted octanol–water partition coefficient (Wildman–Crippen LogP) is 5.15. The van der Waals surface area contributed by atoms with Gasteiger partial charge in [-0.3, -0.25) is 9.59 Å². The minimum Gasteiger partial charge on any atom is -0.322 e. The van der Waals surface area contributed by atoms with Crippen molar-refractivity contribution in [3.8, 4) is 0 Å². The van der Waals surface area contributed by atoms with Crippen molar-refractivity contribution in [3.05, 3.63) is 88.7 Å². The molecule has 0 saturated carbocycles. The van der Waals surface area contributed by atoms with Crippen molar-refractivity contribution in [3.63, 3.8) is 0 Å². The average molecular weight is 370 g/mol. The number of pyridine rings is 1. The normalized spacial score (nSPS) is 11.3. The van der Waals surface area contributed by atoms with Crippen LogP contribution in [0.4, 0.5) is 5.69 Å². The number of carbonyl (C=O) groups is 1. The molecule has 0 bridgehead atoms. The van der Waals surface area contributed by atoms with Gasteiger partial charge in [0.25, 0.3) is 11.5 Å². The number of fused-ring (bicyclic) bond motifs is 5. The minimum atomic E-state index is -0.167. The zero-order chi connectivity index (χ0) is 18.4. The van der Waals surface area contributed by atoms with E-state index in [1.54, 1.807) is 0 Å². The van der Waals surface area contributed by atoms with E-state index in [2.05, 4.69) is 10.3 Å². The van der Waals surface area contributed by atoms with Gasteiger partial charge in [-0.25, -0.2) is 0 Å². The van der Waals surface area contributed by atoms with E-state index in [1.807, 2.05) is 72.8 Å². The molecule has 1 amide bonds. The van der Waals surface area contributed by atoms with E-state index >= 15 is 0 Å². The van der Waals surface area contributed by atoms with Crippen molar-refractivity contribution >= 4 is 54.0 Å². The molecule has 5 rings (SSSR count). The van der Waals surface area contributed by atoms with Crippen molar-refractivity contribution in [2.24, 2.45) is 0 Å². The highest BCUT2D eigenvalue weighted by molar-refractivity contribution is 7.26. The summed E-state index contributed by atoms with van der Waals surface area (Å²) >= 11 is 1.42. The van der Waals surface area contributed by atoms with Crippen molar-refractivity contribution in [1.82, 2.24) is 4.98 Å². The van der Waals surface area contributed by atoms with Crippen molar-refractivity contribution < 1.29 is 4.79 Å². The summed E-state index contributed by atoms with van der Waals surface area (Å²) < 4.78 is 1.61. The maximum Gasteiger partial charge on any atom is 0.266 e. The number of hydrogen-bond acceptors (Lipinski definition) is 3. The smallest absolute Gasteiger partial charge is 0.266 e. The molecule has 0 spiro atoms. The van der Waals surface area contributed by atoms with Gasteiger partial charge in [-0.2, -0.15) is 0 Å². The molecule has 0 aliphatic heterocycles. The lowest BCUT2D eigenvalue weighted by molar-refractivity contribution is 0.102. The van der Waals surface area contributed by atoms with Crippen LogP contribution < -0.4 is 10.9 Å². The number of nitrogens with one attached hydrogen (secondary N) is 2. The number of amides is 1. The quantitative estimate of drug-likeness (QED) is 0.451. The van der Waals surface area contributed by atoms with E-state index in [9.17, 15) is 9.59 Å². The molecule has 0 unspecified atom stereocenters. The minimum absolute atomic E-state index is 0.0970. The summed E-state index contributed by atoms with van der Waals surface area (Å²) in [5.74, 6) is -0.167. The molecule has 0 aliphatic carbocycles. The first-order valence-corrected chi connectivity index (χ1v) is 9.36. The van der Waals surface area contributed by atoms with Crippen LogP contribution in [0.5, 0.6) is 0 Å². The van der Waals surface area contributed by atoms with Gasteiger partial charge in [0.1, 0.15) is 4.70 Å². The van der Waals surface area contributed by atoms with Crippen LogP contribution in [0.25, 0.3) is 31.1 Å². The first kappa shape index (κ1) is 15.8. The van der Waals surface area contributed by atoms with Gasteiger partial charge >= 0.3 is 0 Å². The Morgan fingerprint density at radius 2 is 1.67 bits per heavy atom. The fraction of sp³-hybridized carbons (Fsp3) is 0. The van der Waals surface area contributed by atoms with E-state index in [4.69, 9.17) is 0 Å². The highest BCUT2D eigenvalue weighted by Crippen LogP contribution is 2.36. The number of thiophene rings is 1. The average Bonchev–Trinajstić information content (AvgIpc) is 3.08. The molecular weight excluding hydrogens is 356 g/mol. The third-order valence-electron chi connectivity index (χ3n) is 4.63. The summed E-state index contributed by atoms with van der Waals surface area (Å²) in [6, 6.07) is 22.7. The van der Waals surface area contributed by atoms with Crippen LogP contribution >= 0.6 is 11.3 Å². The van der Waals surface area contributed by atoms with Crippen LogP contribution in [-0.4, -0.2) is 10.9 Å². The van der Waals surface area contributed by atoms with Crippen LogP contribution in [-0.2, 0) is 0 Å². The van der Waals surface area contributed by atoms with Crippen LogP contribution in [0.15, 0.2) is 77.6 Å². The van der Waals surface area contributed by atoms with Crippen molar-refractivity contribution in [2.75, 3.05) is 5.32 Å². The molecule has 0 fully saturated rings. The summed E-state index contributed by atoms with van der Waals surface area (Å²) in [6.45, 7) is 0. The maximum absolute atomic E-state index is 12.6. The van der Waals surface area contributed by atoms with Gasteiger partial charge in [0, 0.05) is 37.6 Å². The van der Waals surface area contributed by atoms with E-state index in [-0.39, 0.29) is 11.5 Å². The third kappa shape index (κ3) is 2.60. The van der Waals surface area contributed by atoms with E-state index in [0.29, 0.717) is 10.3 Å². The zero-order valence-electron chi connectivity index (χ0n) is 14.2. The highest BCUT2D eigenvalue weighted by Gasteiger charge is 2.14. The van der Waals surface area contributed by atoms with Gasteiger partial charge in [0.2, 0.25) is 0 Å². The van der Waals surface area contributed by atoms with Gasteiger partial charge in [0.15, 0.2) is 0 Å². The zero-order valence-corrected chi connectivity index (χ0v) is 15.0. The number of para-hydroxylation sites is 2. The number of aromatic nitrogens is 1. The molecular formula is C22H14N2O2S.